The summed E-state index contributed by atoms with van der Waals surface area (Å²) in [4.78, 5) is 50.5. The summed E-state index contributed by atoms with van der Waals surface area (Å²) in [5.41, 5.74) is 6.95. The maximum Gasteiger partial charge on any atom is 0.490 e. The topological polar surface area (TPSA) is 139 Å². The predicted molar refractivity (Wildman–Crippen MR) is 189 cm³/mol. The highest BCUT2D eigenvalue weighted by Gasteiger charge is 2.49. The minimum absolute atomic E-state index is 0.0799. The number of rotatable bonds is 9. The number of halogens is 6. The molecule has 282 valence electrons. The second kappa shape index (κ2) is 16.6. The Bertz CT molecular complexity index is 1940. The number of likely N-dealkylation sites (tertiary alicyclic amines) is 1. The van der Waals surface area contributed by atoms with Crippen LogP contribution in [-0.2, 0) is 20.3 Å². The Morgan fingerprint density at radius 2 is 1.43 bits per heavy atom. The molecule has 2 aliphatic rings. The first kappa shape index (κ1) is 39.6. The molecule has 1 aliphatic carbocycles. The third-order valence-corrected chi connectivity index (χ3v) is 10.3. The van der Waals surface area contributed by atoms with E-state index in [0.717, 1.165) is 52.7 Å². The zero-order valence-corrected chi connectivity index (χ0v) is 29.6. The maximum absolute atomic E-state index is 16.3. The van der Waals surface area contributed by atoms with Crippen LogP contribution in [0.2, 0.25) is 5.02 Å². The summed E-state index contributed by atoms with van der Waals surface area (Å²) in [6, 6.07) is 17.0. The number of ether oxygens (including phenoxy) is 1. The first-order valence-corrected chi connectivity index (χ1v) is 17.9. The lowest BCUT2D eigenvalue weighted by Crippen LogP contribution is -2.58. The predicted octanol–water partition coefficient (Wildman–Crippen LogP) is 7.59. The fourth-order valence-electron chi connectivity index (χ4n) is 6.01. The zero-order valence-electron chi connectivity index (χ0n) is 28.0. The molecule has 1 saturated heterocycles. The number of Topliss-reactive ketones (excluding diaryl/α,β-unsaturated/α-hetero) is 1. The largest absolute Gasteiger partial charge is 0.490 e. The molecule has 2 amide bonds. The van der Waals surface area contributed by atoms with Crippen LogP contribution >= 0.6 is 22.9 Å². The maximum atomic E-state index is 16.3. The summed E-state index contributed by atoms with van der Waals surface area (Å²) >= 11 is 7.05. The summed E-state index contributed by atoms with van der Waals surface area (Å²) in [5, 5.41) is 10.5. The van der Waals surface area contributed by atoms with Gasteiger partial charge >= 0.3 is 18.1 Å². The molecular formula is C37H35ClF5N3O6S. The number of ketones is 1. The molecule has 0 spiro atoms. The highest BCUT2D eigenvalue weighted by atomic mass is 35.5. The molecule has 4 aromatic rings. The molecule has 0 unspecified atom stereocenters. The van der Waals surface area contributed by atoms with E-state index in [0.29, 0.717) is 29.2 Å². The summed E-state index contributed by atoms with van der Waals surface area (Å²) < 4.78 is 71.1. The van der Waals surface area contributed by atoms with E-state index in [1.807, 2.05) is 12.1 Å². The second-order valence-corrected chi connectivity index (χ2v) is 14.3. The van der Waals surface area contributed by atoms with Gasteiger partial charge in [-0.15, -0.1) is 11.3 Å². The van der Waals surface area contributed by atoms with Gasteiger partial charge in [0.1, 0.15) is 5.75 Å². The van der Waals surface area contributed by atoms with Gasteiger partial charge in [0.05, 0.1) is 11.0 Å². The minimum Gasteiger partial charge on any atom is -0.490 e. The van der Waals surface area contributed by atoms with Gasteiger partial charge in [-0.3, -0.25) is 14.4 Å². The minimum atomic E-state index is -5.08. The number of hydrogen-bond donors (Lipinski definition) is 3. The summed E-state index contributed by atoms with van der Waals surface area (Å²) in [7, 11) is 0. The number of carboxylic acid groups (broad SMARTS) is 1. The lowest BCUT2D eigenvalue weighted by atomic mass is 9.95. The molecular weight excluding hydrogens is 745 g/mol. The third kappa shape index (κ3) is 9.89. The first-order valence-electron chi connectivity index (χ1n) is 16.7. The van der Waals surface area contributed by atoms with Gasteiger partial charge in [0.15, 0.2) is 6.04 Å². The van der Waals surface area contributed by atoms with Crippen molar-refractivity contribution in [2.24, 2.45) is 5.73 Å². The highest BCUT2D eigenvalue weighted by molar-refractivity contribution is 7.21. The van der Waals surface area contributed by atoms with Crippen LogP contribution in [0.3, 0.4) is 0 Å². The van der Waals surface area contributed by atoms with Crippen LogP contribution in [0, 0.1) is 0 Å². The number of benzene rings is 3. The Morgan fingerprint density at radius 3 is 2.00 bits per heavy atom. The number of nitrogens with zero attached hydrogens (tertiary/aromatic N) is 1. The molecule has 1 saturated carbocycles. The lowest BCUT2D eigenvalue weighted by molar-refractivity contribution is -0.192. The fraction of sp³-hybridized carbons (Fsp3) is 0.351. The van der Waals surface area contributed by atoms with Gasteiger partial charge in [0, 0.05) is 34.4 Å². The second-order valence-electron chi connectivity index (χ2n) is 12.7. The molecule has 16 heteroatoms. The van der Waals surface area contributed by atoms with Crippen LogP contribution in [0.4, 0.5) is 22.0 Å². The van der Waals surface area contributed by atoms with Crippen LogP contribution in [0.5, 0.6) is 5.75 Å². The number of carbonyl (C=O) groups excluding carboxylic acids is 3. The number of carboxylic acids is 1. The van der Waals surface area contributed by atoms with E-state index in [1.54, 1.807) is 36.4 Å². The standard InChI is InChI=1S/C35H34ClF2N3O4S.C2HF3O2/c36-25-12-7-22(8-13-25)21-5-10-24(11-6-21)35(37,38)32(34(44)41-17-15-26(39)16-18-41)40-33(43)31(42)30-19-23-9-14-28(20-29(23)46-30)45-27-3-1-2-4-27;3-2(4,5)1(6)7/h5-14,19-20,26-27,32H,1-4,15-18,39H2,(H,40,43);(H,6,7)/t32-;/m1./s1. The molecule has 2 fully saturated rings. The van der Waals surface area contributed by atoms with Crippen molar-refractivity contribution < 1.29 is 51.0 Å². The van der Waals surface area contributed by atoms with Crippen LogP contribution in [0.15, 0.2) is 72.8 Å². The van der Waals surface area contributed by atoms with Gasteiger partial charge in [-0.05, 0) is 91.4 Å². The van der Waals surface area contributed by atoms with E-state index in [9.17, 15) is 27.6 Å². The average Bonchev–Trinajstić information content (AvgIpc) is 3.80. The number of fused-ring (bicyclic) bond motifs is 1. The number of aliphatic carboxylic acids is 1. The Hall–Kier alpha value is -4.60. The Morgan fingerprint density at radius 1 is 0.868 bits per heavy atom. The van der Waals surface area contributed by atoms with Gasteiger partial charge < -0.3 is 25.8 Å². The Balaban J connectivity index is 0.000000705. The van der Waals surface area contributed by atoms with Crippen molar-refractivity contribution in [2.75, 3.05) is 13.1 Å². The number of alkyl halides is 5. The number of nitrogens with one attached hydrogen (secondary N) is 1. The van der Waals surface area contributed by atoms with Gasteiger partial charge in [-0.1, -0.05) is 48.0 Å². The summed E-state index contributed by atoms with van der Waals surface area (Å²) in [6.45, 7) is 0.348. The van der Waals surface area contributed by atoms with Crippen molar-refractivity contribution in [3.8, 4) is 16.9 Å². The van der Waals surface area contributed by atoms with E-state index in [1.165, 1.54) is 29.2 Å². The molecule has 4 N–H and O–H groups in total. The van der Waals surface area contributed by atoms with E-state index < -0.39 is 47.3 Å². The molecule has 1 aliphatic heterocycles. The van der Waals surface area contributed by atoms with Crippen molar-refractivity contribution >= 4 is 56.6 Å². The van der Waals surface area contributed by atoms with Gasteiger partial charge in [-0.2, -0.15) is 22.0 Å². The fourth-order valence-corrected chi connectivity index (χ4v) is 7.16. The summed E-state index contributed by atoms with van der Waals surface area (Å²) in [5.74, 6) is -9.15. The quantitative estimate of drug-likeness (QED) is 0.0905. The van der Waals surface area contributed by atoms with Gasteiger partial charge in [0.25, 0.3) is 17.6 Å². The smallest absolute Gasteiger partial charge is 0.490 e. The molecule has 0 radical (unpaired) electrons. The molecule has 2 heterocycles. The zero-order chi connectivity index (χ0) is 38.5. The number of thiophene rings is 1. The average molecular weight is 780 g/mol. The van der Waals surface area contributed by atoms with Crippen LogP contribution < -0.4 is 15.8 Å². The molecule has 3 aromatic carbocycles. The number of carbonyl (C=O) groups is 4. The van der Waals surface area contributed by atoms with E-state index in [2.05, 4.69) is 5.32 Å². The van der Waals surface area contributed by atoms with Crippen molar-refractivity contribution in [1.82, 2.24) is 10.2 Å². The number of nitrogens with two attached hydrogens (primary N) is 1. The lowest BCUT2D eigenvalue weighted by Gasteiger charge is -2.35. The molecule has 53 heavy (non-hydrogen) atoms. The van der Waals surface area contributed by atoms with E-state index >= 15 is 8.78 Å². The molecule has 0 bridgehead atoms. The van der Waals surface area contributed by atoms with Crippen molar-refractivity contribution in [2.45, 2.75) is 68.8 Å². The van der Waals surface area contributed by atoms with Crippen LogP contribution in [0.25, 0.3) is 21.2 Å². The van der Waals surface area contributed by atoms with Crippen molar-refractivity contribution in [3.63, 3.8) is 0 Å². The first-order chi connectivity index (χ1) is 25.0. The monoisotopic (exact) mass is 779 g/mol. The van der Waals surface area contributed by atoms with Gasteiger partial charge in [0.2, 0.25) is 0 Å². The third-order valence-electron chi connectivity index (χ3n) is 8.95. The van der Waals surface area contributed by atoms with E-state index in [-0.39, 0.29) is 30.1 Å². The number of piperidine rings is 1. The number of amides is 2. The van der Waals surface area contributed by atoms with E-state index in [4.69, 9.17) is 32.0 Å². The Labute approximate surface area is 309 Å². The molecule has 6 rings (SSSR count). The normalized spacial score (nSPS) is 16.1. The summed E-state index contributed by atoms with van der Waals surface area (Å²) in [6.07, 6.45) is 0.206. The molecule has 9 nitrogen and oxygen atoms in total. The number of hydrogen-bond acceptors (Lipinski definition) is 7. The SMILES string of the molecule is NC1CCN(C(=O)[C@@H](NC(=O)C(=O)c2cc3ccc(OC4CCCC4)cc3s2)C(F)(F)c2ccc(-c3ccc(Cl)cc3)cc2)CC1.O=C(O)C(F)(F)F. The molecule has 1 aromatic heterocycles. The van der Waals surface area contributed by atoms with Crippen molar-refractivity contribution in [3.05, 3.63) is 88.3 Å². The van der Waals surface area contributed by atoms with Crippen molar-refractivity contribution in [1.29, 1.82) is 0 Å². The highest BCUT2D eigenvalue weighted by Crippen LogP contribution is 2.36. The molecule has 1 atom stereocenters. The van der Waals surface area contributed by atoms with Crippen LogP contribution in [0.1, 0.15) is 53.8 Å². The Kier molecular flexibility index (Phi) is 12.4. The van der Waals surface area contributed by atoms with Gasteiger partial charge in [-0.25, -0.2) is 4.79 Å². The van der Waals surface area contributed by atoms with Crippen LogP contribution in [-0.4, -0.2) is 71.0 Å².